The van der Waals surface area contributed by atoms with Crippen LogP contribution in [-0.2, 0) is 16.1 Å². The van der Waals surface area contributed by atoms with Crippen molar-refractivity contribution in [3.05, 3.63) is 48.1 Å². The zero-order chi connectivity index (χ0) is 15.2. The van der Waals surface area contributed by atoms with Gasteiger partial charge in [0.05, 0.1) is 0 Å². The first-order valence-electron chi connectivity index (χ1n) is 6.30. The quantitative estimate of drug-likeness (QED) is 0.815. The zero-order valence-corrected chi connectivity index (χ0v) is 11.6. The molecule has 3 nitrogen and oxygen atoms in total. The molecule has 0 bridgehead atoms. The van der Waals surface area contributed by atoms with Crippen LogP contribution in [0, 0.1) is 5.41 Å². The lowest BCUT2D eigenvalue weighted by molar-refractivity contribution is -0.149. The maximum Gasteiger partial charge on any atom is 0.323 e. The van der Waals surface area contributed by atoms with Gasteiger partial charge in [0.1, 0.15) is 12.6 Å². The van der Waals surface area contributed by atoms with Crippen LogP contribution in [0.3, 0.4) is 0 Å². The van der Waals surface area contributed by atoms with E-state index in [1.54, 1.807) is 13.8 Å². The second-order valence-corrected chi connectivity index (χ2v) is 5.26. The summed E-state index contributed by atoms with van der Waals surface area (Å²) in [6.45, 7) is 3.43. The molecule has 0 aliphatic rings. The fourth-order valence-electron chi connectivity index (χ4n) is 1.60. The van der Waals surface area contributed by atoms with E-state index < -0.39 is 23.5 Å². The van der Waals surface area contributed by atoms with Crippen LogP contribution in [0.5, 0.6) is 0 Å². The van der Waals surface area contributed by atoms with Gasteiger partial charge in [0.25, 0.3) is 6.08 Å². The lowest BCUT2D eigenvalue weighted by atomic mass is 9.81. The number of rotatable bonds is 6. The molecular weight excluding hydrogens is 264 g/mol. The highest BCUT2D eigenvalue weighted by atomic mass is 19.3. The van der Waals surface area contributed by atoms with Crippen LogP contribution < -0.4 is 5.73 Å². The fraction of sp³-hybridized carbons (Fsp3) is 0.400. The summed E-state index contributed by atoms with van der Waals surface area (Å²) in [6.07, 6.45) is -0.996. The lowest BCUT2D eigenvalue weighted by Crippen LogP contribution is -2.44. The highest BCUT2D eigenvalue weighted by Crippen LogP contribution is 2.26. The molecule has 0 saturated heterocycles. The zero-order valence-electron chi connectivity index (χ0n) is 11.6. The summed E-state index contributed by atoms with van der Waals surface area (Å²) < 4.78 is 29.3. The van der Waals surface area contributed by atoms with E-state index in [1.165, 1.54) is 0 Å². The average molecular weight is 283 g/mol. The van der Waals surface area contributed by atoms with E-state index >= 15 is 0 Å². The van der Waals surface area contributed by atoms with Gasteiger partial charge in [0.2, 0.25) is 0 Å². The first-order valence-corrected chi connectivity index (χ1v) is 6.30. The molecule has 0 saturated carbocycles. The van der Waals surface area contributed by atoms with Crippen molar-refractivity contribution in [3.8, 4) is 0 Å². The second-order valence-electron chi connectivity index (χ2n) is 5.26. The maximum atomic E-state index is 12.1. The Hall–Kier alpha value is -1.75. The smallest absolute Gasteiger partial charge is 0.323 e. The van der Waals surface area contributed by atoms with Crippen molar-refractivity contribution in [2.24, 2.45) is 11.1 Å². The van der Waals surface area contributed by atoms with Gasteiger partial charge in [-0.15, -0.1) is 0 Å². The Balaban J connectivity index is 2.55. The number of allylic oxidation sites excluding steroid dienone is 1. The molecule has 20 heavy (non-hydrogen) atoms. The molecule has 0 spiro atoms. The van der Waals surface area contributed by atoms with E-state index in [2.05, 4.69) is 0 Å². The monoisotopic (exact) mass is 283 g/mol. The Morgan fingerprint density at radius 3 is 2.50 bits per heavy atom. The summed E-state index contributed by atoms with van der Waals surface area (Å²) in [5.41, 5.74) is 5.85. The highest BCUT2D eigenvalue weighted by molar-refractivity contribution is 5.76. The van der Waals surface area contributed by atoms with Crippen LogP contribution >= 0.6 is 0 Å². The third kappa shape index (κ3) is 5.09. The van der Waals surface area contributed by atoms with Gasteiger partial charge in [-0.3, -0.25) is 4.79 Å². The number of hydrogen-bond donors (Lipinski definition) is 1. The molecule has 1 aromatic rings. The Morgan fingerprint density at radius 2 is 1.95 bits per heavy atom. The number of carbonyl (C=O) groups is 1. The third-order valence-electron chi connectivity index (χ3n) is 3.10. The first-order chi connectivity index (χ1) is 9.33. The van der Waals surface area contributed by atoms with Crippen molar-refractivity contribution in [3.63, 3.8) is 0 Å². The Labute approximate surface area is 117 Å². The van der Waals surface area contributed by atoms with Gasteiger partial charge < -0.3 is 10.5 Å². The lowest BCUT2D eigenvalue weighted by Gasteiger charge is -2.28. The van der Waals surface area contributed by atoms with Gasteiger partial charge in [-0.25, -0.2) is 0 Å². The summed E-state index contributed by atoms with van der Waals surface area (Å²) in [7, 11) is 0. The van der Waals surface area contributed by atoms with Gasteiger partial charge in [0.15, 0.2) is 0 Å². The van der Waals surface area contributed by atoms with E-state index in [0.29, 0.717) is 0 Å². The number of benzene rings is 1. The normalized spacial score (nSPS) is 12.7. The van der Waals surface area contributed by atoms with Crippen molar-refractivity contribution < 1.29 is 18.3 Å². The minimum absolute atomic E-state index is 0.0109. The van der Waals surface area contributed by atoms with Gasteiger partial charge in [0, 0.05) is 0 Å². The molecule has 0 radical (unpaired) electrons. The largest absolute Gasteiger partial charge is 0.460 e. The van der Waals surface area contributed by atoms with Crippen molar-refractivity contribution in [1.29, 1.82) is 0 Å². The summed E-state index contributed by atoms with van der Waals surface area (Å²) in [5, 5.41) is 0. The number of nitrogens with two attached hydrogens (primary N) is 1. The molecule has 0 aliphatic heterocycles. The predicted molar refractivity (Wildman–Crippen MR) is 72.9 cm³/mol. The molecule has 1 rings (SSSR count). The summed E-state index contributed by atoms with van der Waals surface area (Å²) in [5.74, 6) is -0.591. The van der Waals surface area contributed by atoms with Crippen molar-refractivity contribution in [2.45, 2.75) is 32.9 Å². The molecule has 5 heteroatoms. The van der Waals surface area contributed by atoms with E-state index in [4.69, 9.17) is 10.5 Å². The molecule has 0 heterocycles. The van der Waals surface area contributed by atoms with Gasteiger partial charge in [-0.2, -0.15) is 8.78 Å². The van der Waals surface area contributed by atoms with Gasteiger partial charge in [-0.05, 0) is 23.5 Å². The molecule has 1 atom stereocenters. The second kappa shape index (κ2) is 7.14. The Kier molecular flexibility index (Phi) is 5.82. The number of hydrogen-bond acceptors (Lipinski definition) is 3. The maximum absolute atomic E-state index is 12.1. The van der Waals surface area contributed by atoms with Gasteiger partial charge >= 0.3 is 5.97 Å². The van der Waals surface area contributed by atoms with Crippen LogP contribution in [0.2, 0.25) is 0 Å². The molecule has 0 aliphatic carbocycles. The molecule has 0 aromatic heterocycles. The number of ether oxygens (including phenoxy) is 1. The number of carbonyl (C=O) groups excluding carboxylic acids is 1. The van der Waals surface area contributed by atoms with Crippen molar-refractivity contribution in [2.75, 3.05) is 0 Å². The highest BCUT2D eigenvalue weighted by Gasteiger charge is 2.32. The van der Waals surface area contributed by atoms with E-state index in [1.807, 2.05) is 30.3 Å². The Bertz CT molecular complexity index is 468. The summed E-state index contributed by atoms with van der Waals surface area (Å²) in [4.78, 5) is 11.9. The topological polar surface area (TPSA) is 52.3 Å². The van der Waals surface area contributed by atoms with Crippen LogP contribution in [-0.4, -0.2) is 12.0 Å². The molecular formula is C15H19F2NO2. The molecule has 1 unspecified atom stereocenters. The number of esters is 1. The fourth-order valence-corrected chi connectivity index (χ4v) is 1.60. The first kappa shape index (κ1) is 16.3. The third-order valence-corrected chi connectivity index (χ3v) is 3.10. The molecule has 0 fully saturated rings. The van der Waals surface area contributed by atoms with Crippen molar-refractivity contribution in [1.82, 2.24) is 0 Å². The van der Waals surface area contributed by atoms with Crippen LogP contribution in [0.4, 0.5) is 8.78 Å². The predicted octanol–water partition coefficient (Wildman–Crippen LogP) is 3.25. The van der Waals surface area contributed by atoms with Crippen LogP contribution in [0.25, 0.3) is 0 Å². The van der Waals surface area contributed by atoms with E-state index in [0.717, 1.165) is 11.6 Å². The van der Waals surface area contributed by atoms with Crippen molar-refractivity contribution >= 4 is 5.97 Å². The Morgan fingerprint density at radius 1 is 1.35 bits per heavy atom. The average Bonchev–Trinajstić information content (AvgIpc) is 2.43. The molecule has 2 N–H and O–H groups in total. The molecule has 110 valence electrons. The molecule has 1 aromatic carbocycles. The molecule has 0 amide bonds. The summed E-state index contributed by atoms with van der Waals surface area (Å²) >= 11 is 0. The van der Waals surface area contributed by atoms with Crippen LogP contribution in [0.1, 0.15) is 25.8 Å². The van der Waals surface area contributed by atoms with E-state index in [9.17, 15) is 13.6 Å². The standard InChI is InChI=1S/C15H19F2NO2/c1-15(2,9-8-12(16)17)13(18)14(19)20-10-11-6-4-3-5-7-11/h3-8,13H,9-10,18H2,1-2H3. The van der Waals surface area contributed by atoms with E-state index in [-0.39, 0.29) is 13.0 Å². The minimum atomic E-state index is -1.78. The minimum Gasteiger partial charge on any atom is -0.460 e. The number of halogens is 2. The summed E-state index contributed by atoms with van der Waals surface area (Å²) in [6, 6.07) is 8.22. The van der Waals surface area contributed by atoms with Crippen LogP contribution in [0.15, 0.2) is 42.5 Å². The SMILES string of the molecule is CC(C)(CC=C(F)F)C(N)C(=O)OCc1ccccc1. The van der Waals surface area contributed by atoms with Gasteiger partial charge in [-0.1, -0.05) is 44.2 Å².